The maximum absolute atomic E-state index is 12.5. The van der Waals surface area contributed by atoms with E-state index < -0.39 is 0 Å². The number of amides is 2. The van der Waals surface area contributed by atoms with Gasteiger partial charge in [0.15, 0.2) is 0 Å². The van der Waals surface area contributed by atoms with E-state index in [0.717, 1.165) is 0 Å². The Balaban J connectivity index is 1.66. The van der Waals surface area contributed by atoms with Crippen molar-refractivity contribution in [1.82, 2.24) is 14.7 Å². The maximum atomic E-state index is 12.5. The van der Waals surface area contributed by atoms with Gasteiger partial charge in [0.2, 0.25) is 17.2 Å². The van der Waals surface area contributed by atoms with E-state index in [1.165, 1.54) is 22.8 Å². The van der Waals surface area contributed by atoms with Gasteiger partial charge in [-0.3, -0.25) is 19.1 Å². The van der Waals surface area contributed by atoms with Crippen LogP contribution in [0, 0.1) is 0 Å². The molecule has 0 aliphatic carbocycles. The number of nitrogens with zero attached hydrogens (tertiary/aromatic N) is 3. The Kier molecular flexibility index (Phi) is 5.52. The first-order valence-electron chi connectivity index (χ1n) is 8.18. The van der Waals surface area contributed by atoms with Crippen LogP contribution in [0.4, 0.5) is 5.69 Å². The van der Waals surface area contributed by atoms with E-state index in [2.05, 4.69) is 10.4 Å². The lowest BCUT2D eigenvalue weighted by Gasteiger charge is -2.18. The molecule has 3 rings (SSSR count). The lowest BCUT2D eigenvalue weighted by molar-refractivity contribution is -0.133. The number of hydrogen-bond acceptors (Lipinski definition) is 4. The molecule has 0 aliphatic heterocycles. The summed E-state index contributed by atoms with van der Waals surface area (Å²) in [5, 5.41) is 7.79. The number of carbonyl (C=O) groups excluding carboxylic acids is 2. The van der Waals surface area contributed by atoms with Gasteiger partial charge in [0.05, 0.1) is 18.3 Å². The SMILES string of the molecule is CN(CC(=O)Nc1ccc(Cl)cc1)C(=O)Cn1ncc(=O)c2ccccc21. The summed E-state index contributed by atoms with van der Waals surface area (Å²) >= 11 is 5.81. The Bertz CT molecular complexity index is 1050. The topological polar surface area (TPSA) is 84.3 Å². The van der Waals surface area contributed by atoms with Crippen LogP contribution < -0.4 is 10.7 Å². The molecule has 0 aliphatic rings. The molecule has 138 valence electrons. The molecule has 3 aromatic rings. The fourth-order valence-electron chi connectivity index (χ4n) is 2.57. The molecule has 27 heavy (non-hydrogen) atoms. The Morgan fingerprint density at radius 1 is 1.15 bits per heavy atom. The second kappa shape index (κ2) is 8.01. The van der Waals surface area contributed by atoms with Gasteiger partial charge in [0.1, 0.15) is 6.54 Å². The van der Waals surface area contributed by atoms with Crippen molar-refractivity contribution in [1.29, 1.82) is 0 Å². The second-order valence-corrected chi connectivity index (χ2v) is 6.42. The molecule has 2 aromatic carbocycles. The average molecular weight is 385 g/mol. The minimum absolute atomic E-state index is 0.0779. The Morgan fingerprint density at radius 3 is 2.59 bits per heavy atom. The number of carbonyl (C=O) groups is 2. The highest BCUT2D eigenvalue weighted by Crippen LogP contribution is 2.13. The third-order valence-electron chi connectivity index (χ3n) is 3.98. The van der Waals surface area contributed by atoms with E-state index in [9.17, 15) is 14.4 Å². The highest BCUT2D eigenvalue weighted by molar-refractivity contribution is 6.30. The second-order valence-electron chi connectivity index (χ2n) is 5.99. The van der Waals surface area contributed by atoms with Gasteiger partial charge in [-0.25, -0.2) is 0 Å². The van der Waals surface area contributed by atoms with Crippen LogP contribution in [0.5, 0.6) is 0 Å². The van der Waals surface area contributed by atoms with E-state index in [1.807, 2.05) is 0 Å². The summed E-state index contributed by atoms with van der Waals surface area (Å²) in [5.74, 6) is -0.631. The van der Waals surface area contributed by atoms with E-state index in [0.29, 0.717) is 21.6 Å². The molecule has 1 N–H and O–H groups in total. The third kappa shape index (κ3) is 4.51. The predicted octanol–water partition coefficient (Wildman–Crippen LogP) is 2.15. The minimum Gasteiger partial charge on any atom is -0.335 e. The monoisotopic (exact) mass is 384 g/mol. The van der Waals surface area contributed by atoms with Crippen LogP contribution in [-0.2, 0) is 16.1 Å². The molecule has 0 bridgehead atoms. The van der Waals surface area contributed by atoms with E-state index in [4.69, 9.17) is 11.6 Å². The van der Waals surface area contributed by atoms with Gasteiger partial charge in [0.25, 0.3) is 0 Å². The molecule has 1 heterocycles. The minimum atomic E-state index is -0.328. The van der Waals surface area contributed by atoms with Crippen molar-refractivity contribution in [3.05, 3.63) is 70.0 Å². The molecule has 0 fully saturated rings. The number of fused-ring (bicyclic) bond motifs is 1. The summed E-state index contributed by atoms with van der Waals surface area (Å²) in [7, 11) is 1.54. The predicted molar refractivity (Wildman–Crippen MR) is 104 cm³/mol. The van der Waals surface area contributed by atoms with Crippen molar-refractivity contribution in [3.8, 4) is 0 Å². The molecule has 0 atom stereocenters. The van der Waals surface area contributed by atoms with E-state index in [-0.39, 0.29) is 30.3 Å². The summed E-state index contributed by atoms with van der Waals surface area (Å²) in [6.45, 7) is -0.189. The molecule has 7 nitrogen and oxygen atoms in total. The molecule has 2 amide bonds. The largest absolute Gasteiger partial charge is 0.335 e. The van der Waals surface area contributed by atoms with E-state index in [1.54, 1.807) is 48.5 Å². The van der Waals surface area contributed by atoms with Gasteiger partial charge in [-0.1, -0.05) is 23.7 Å². The molecule has 1 aromatic heterocycles. The number of rotatable bonds is 5. The first-order valence-corrected chi connectivity index (χ1v) is 8.56. The zero-order valence-electron chi connectivity index (χ0n) is 14.6. The van der Waals surface area contributed by atoms with Crippen molar-refractivity contribution >= 4 is 40.0 Å². The van der Waals surface area contributed by atoms with Gasteiger partial charge >= 0.3 is 0 Å². The zero-order chi connectivity index (χ0) is 19.4. The number of aromatic nitrogens is 2. The first kappa shape index (κ1) is 18.6. The van der Waals surface area contributed by atoms with Crippen LogP contribution in [0.1, 0.15) is 0 Å². The highest BCUT2D eigenvalue weighted by atomic mass is 35.5. The Labute approximate surface area is 160 Å². The van der Waals surface area contributed by atoms with Gasteiger partial charge in [-0.2, -0.15) is 5.10 Å². The first-order chi connectivity index (χ1) is 12.9. The standard InChI is InChI=1S/C19H17ClN4O3/c1-23(11-18(26)22-14-8-6-13(20)7-9-14)19(27)12-24-16-5-3-2-4-15(16)17(25)10-21-24/h2-10H,11-12H2,1H3,(H,22,26). The molecule has 8 heteroatoms. The molecule has 0 saturated heterocycles. The fraction of sp³-hybridized carbons (Fsp3) is 0.158. The number of anilines is 1. The Hall–Kier alpha value is -3.19. The van der Waals surface area contributed by atoms with Crippen LogP contribution in [0.25, 0.3) is 10.9 Å². The number of benzene rings is 2. The molecule has 0 saturated carbocycles. The van der Waals surface area contributed by atoms with Crippen LogP contribution in [0.3, 0.4) is 0 Å². The lowest BCUT2D eigenvalue weighted by Crippen LogP contribution is -2.37. The van der Waals surface area contributed by atoms with E-state index >= 15 is 0 Å². The normalized spacial score (nSPS) is 10.6. The fourth-order valence-corrected chi connectivity index (χ4v) is 2.70. The molecule has 0 unspecified atom stereocenters. The summed E-state index contributed by atoms with van der Waals surface area (Å²) in [4.78, 5) is 37.7. The van der Waals surface area contributed by atoms with Crippen LogP contribution >= 0.6 is 11.6 Å². The van der Waals surface area contributed by atoms with Gasteiger partial charge in [0, 0.05) is 23.1 Å². The van der Waals surface area contributed by atoms with Crippen LogP contribution in [0.15, 0.2) is 59.5 Å². The molecule has 0 spiro atoms. The molecular formula is C19H17ClN4O3. The van der Waals surface area contributed by atoms with Crippen molar-refractivity contribution in [3.63, 3.8) is 0 Å². The van der Waals surface area contributed by atoms with Gasteiger partial charge in [-0.05, 0) is 36.4 Å². The number of nitrogens with one attached hydrogen (secondary N) is 1. The lowest BCUT2D eigenvalue weighted by atomic mass is 10.2. The quantitative estimate of drug-likeness (QED) is 0.730. The highest BCUT2D eigenvalue weighted by Gasteiger charge is 2.15. The summed E-state index contributed by atoms with van der Waals surface area (Å²) in [5.41, 5.74) is 0.959. The molecule has 0 radical (unpaired) electrons. The van der Waals surface area contributed by atoms with Crippen LogP contribution in [-0.4, -0.2) is 40.1 Å². The zero-order valence-corrected chi connectivity index (χ0v) is 15.3. The van der Waals surface area contributed by atoms with Crippen LogP contribution in [0.2, 0.25) is 5.02 Å². The molecular weight excluding hydrogens is 368 g/mol. The average Bonchev–Trinajstić information content (AvgIpc) is 2.66. The summed E-state index contributed by atoms with van der Waals surface area (Å²) < 4.78 is 1.45. The third-order valence-corrected chi connectivity index (χ3v) is 4.23. The summed E-state index contributed by atoms with van der Waals surface area (Å²) in [6, 6.07) is 13.6. The number of halogens is 1. The maximum Gasteiger partial charge on any atom is 0.244 e. The van der Waals surface area contributed by atoms with Gasteiger partial charge < -0.3 is 10.2 Å². The number of para-hydroxylation sites is 1. The smallest absolute Gasteiger partial charge is 0.244 e. The van der Waals surface area contributed by atoms with Gasteiger partial charge in [-0.15, -0.1) is 0 Å². The Morgan fingerprint density at radius 2 is 1.85 bits per heavy atom. The van der Waals surface area contributed by atoms with Crippen molar-refractivity contribution in [2.75, 3.05) is 18.9 Å². The number of likely N-dealkylation sites (N-methyl/N-ethyl adjacent to an activating group) is 1. The van der Waals surface area contributed by atoms with Crippen molar-refractivity contribution < 1.29 is 9.59 Å². The van der Waals surface area contributed by atoms with Crippen molar-refractivity contribution in [2.24, 2.45) is 0 Å². The summed E-state index contributed by atoms with van der Waals surface area (Å²) in [6.07, 6.45) is 1.18. The van der Waals surface area contributed by atoms with Crippen molar-refractivity contribution in [2.45, 2.75) is 6.54 Å². The number of hydrogen-bond donors (Lipinski definition) is 1.